The second-order valence-corrected chi connectivity index (χ2v) is 5.88. The van der Waals surface area contributed by atoms with Gasteiger partial charge in [-0.15, -0.1) is 11.3 Å². The molecule has 0 aromatic carbocycles. The molecule has 1 atom stereocenters. The van der Waals surface area contributed by atoms with Gasteiger partial charge in [-0.1, -0.05) is 6.92 Å². The van der Waals surface area contributed by atoms with Crippen LogP contribution in [0, 0.1) is 0 Å². The van der Waals surface area contributed by atoms with Crippen molar-refractivity contribution in [2.24, 2.45) is 12.8 Å². The van der Waals surface area contributed by atoms with Crippen molar-refractivity contribution in [3.8, 4) is 10.6 Å². The molecule has 0 amide bonds. The molecule has 1 unspecified atom stereocenters. The van der Waals surface area contributed by atoms with Gasteiger partial charge in [0, 0.05) is 24.2 Å². The maximum Gasteiger partial charge on any atom is 0.127 e. The van der Waals surface area contributed by atoms with Crippen molar-refractivity contribution in [2.45, 2.75) is 38.6 Å². The molecule has 1 aliphatic carbocycles. The highest BCUT2D eigenvalue weighted by molar-refractivity contribution is 7.15. The van der Waals surface area contributed by atoms with Crippen molar-refractivity contribution in [1.29, 1.82) is 0 Å². The first-order valence-corrected chi connectivity index (χ1v) is 7.28. The molecule has 0 fully saturated rings. The minimum Gasteiger partial charge on any atom is -0.323 e. The van der Waals surface area contributed by atoms with Crippen molar-refractivity contribution in [1.82, 2.24) is 14.8 Å². The van der Waals surface area contributed by atoms with Crippen LogP contribution in [0.2, 0.25) is 0 Å². The predicted octanol–water partition coefficient (Wildman–Crippen LogP) is 2.44. The second-order valence-electron chi connectivity index (χ2n) is 4.85. The average Bonchev–Trinajstić information content (AvgIpc) is 2.92. The summed E-state index contributed by atoms with van der Waals surface area (Å²) >= 11 is 1.75. The summed E-state index contributed by atoms with van der Waals surface area (Å²) in [5.41, 5.74) is 9.67. The van der Waals surface area contributed by atoms with Gasteiger partial charge in [0.25, 0.3) is 0 Å². The third kappa shape index (κ3) is 1.87. The van der Waals surface area contributed by atoms with Gasteiger partial charge < -0.3 is 5.73 Å². The van der Waals surface area contributed by atoms with E-state index in [9.17, 15) is 0 Å². The van der Waals surface area contributed by atoms with E-state index in [2.05, 4.69) is 18.2 Å². The monoisotopic (exact) mass is 262 g/mol. The van der Waals surface area contributed by atoms with Gasteiger partial charge in [-0.25, -0.2) is 4.98 Å². The molecular weight excluding hydrogens is 244 g/mol. The normalized spacial score (nSPS) is 18.9. The number of hydrogen-bond acceptors (Lipinski definition) is 4. The summed E-state index contributed by atoms with van der Waals surface area (Å²) < 4.78 is 1.87. The molecule has 0 spiro atoms. The van der Waals surface area contributed by atoms with Crippen molar-refractivity contribution in [3.63, 3.8) is 0 Å². The van der Waals surface area contributed by atoms with Gasteiger partial charge in [0.05, 0.1) is 17.0 Å². The molecule has 18 heavy (non-hydrogen) atoms. The first kappa shape index (κ1) is 11.9. The highest BCUT2D eigenvalue weighted by Crippen LogP contribution is 2.37. The van der Waals surface area contributed by atoms with Crippen LogP contribution in [0.25, 0.3) is 10.6 Å². The van der Waals surface area contributed by atoms with Gasteiger partial charge in [0.2, 0.25) is 0 Å². The molecule has 96 valence electrons. The lowest BCUT2D eigenvalue weighted by molar-refractivity contribution is 0.573. The van der Waals surface area contributed by atoms with Crippen LogP contribution in [0.1, 0.15) is 42.1 Å². The van der Waals surface area contributed by atoms with Gasteiger partial charge >= 0.3 is 0 Å². The lowest BCUT2D eigenvalue weighted by Gasteiger charge is -2.15. The molecule has 2 aromatic heterocycles. The molecular formula is C13H18N4S. The van der Waals surface area contributed by atoms with Crippen molar-refractivity contribution in [2.75, 3.05) is 0 Å². The zero-order valence-electron chi connectivity index (χ0n) is 10.8. The summed E-state index contributed by atoms with van der Waals surface area (Å²) in [5.74, 6) is 0. The van der Waals surface area contributed by atoms with Gasteiger partial charge in [-0.2, -0.15) is 5.10 Å². The number of thiazole rings is 1. The van der Waals surface area contributed by atoms with Crippen LogP contribution in [0.3, 0.4) is 0 Å². The highest BCUT2D eigenvalue weighted by atomic mass is 32.1. The molecule has 0 saturated carbocycles. The summed E-state index contributed by atoms with van der Waals surface area (Å²) in [7, 11) is 1.96. The fraction of sp³-hybridized carbons (Fsp3) is 0.538. The van der Waals surface area contributed by atoms with E-state index in [1.165, 1.54) is 16.1 Å². The third-order valence-electron chi connectivity index (χ3n) is 3.46. The summed E-state index contributed by atoms with van der Waals surface area (Å²) in [5, 5.41) is 5.57. The minimum atomic E-state index is 0.182. The van der Waals surface area contributed by atoms with Crippen LogP contribution >= 0.6 is 11.3 Å². The van der Waals surface area contributed by atoms with Crippen molar-refractivity contribution >= 4 is 11.3 Å². The van der Waals surface area contributed by atoms with Crippen LogP contribution < -0.4 is 5.73 Å². The maximum atomic E-state index is 6.16. The van der Waals surface area contributed by atoms with Gasteiger partial charge in [0.1, 0.15) is 5.01 Å². The van der Waals surface area contributed by atoms with Crippen LogP contribution in [0.4, 0.5) is 0 Å². The number of nitrogens with zero attached hydrogens (tertiary/aromatic N) is 3. The fourth-order valence-corrected chi connectivity index (χ4v) is 3.72. The van der Waals surface area contributed by atoms with E-state index in [-0.39, 0.29) is 6.04 Å². The SMILES string of the molecule is CCc1nn(C)cc1-c1nc2c(s1)C(N)CCC2. The molecule has 0 bridgehead atoms. The highest BCUT2D eigenvalue weighted by Gasteiger charge is 2.23. The van der Waals surface area contributed by atoms with Crippen molar-refractivity contribution < 1.29 is 0 Å². The Morgan fingerprint density at radius 2 is 2.39 bits per heavy atom. The molecule has 2 heterocycles. The molecule has 0 aliphatic heterocycles. The minimum absolute atomic E-state index is 0.182. The summed E-state index contributed by atoms with van der Waals surface area (Å²) in [4.78, 5) is 6.06. The lowest BCUT2D eigenvalue weighted by atomic mass is 9.99. The Morgan fingerprint density at radius 3 is 3.11 bits per heavy atom. The van der Waals surface area contributed by atoms with Crippen LogP contribution in [-0.4, -0.2) is 14.8 Å². The Bertz CT molecular complexity index is 570. The van der Waals surface area contributed by atoms with E-state index < -0.39 is 0 Å². The smallest absolute Gasteiger partial charge is 0.127 e. The molecule has 5 heteroatoms. The predicted molar refractivity (Wildman–Crippen MR) is 73.6 cm³/mol. The lowest BCUT2D eigenvalue weighted by Crippen LogP contribution is -2.15. The Balaban J connectivity index is 2.07. The van der Waals surface area contributed by atoms with E-state index in [1.54, 1.807) is 11.3 Å². The van der Waals surface area contributed by atoms with Crippen LogP contribution in [0.5, 0.6) is 0 Å². The Morgan fingerprint density at radius 1 is 1.56 bits per heavy atom. The van der Waals surface area contributed by atoms with Crippen molar-refractivity contribution in [3.05, 3.63) is 22.5 Å². The number of nitrogens with two attached hydrogens (primary N) is 1. The number of aryl methyl sites for hydroxylation is 3. The molecule has 0 saturated heterocycles. The van der Waals surface area contributed by atoms with E-state index >= 15 is 0 Å². The quantitative estimate of drug-likeness (QED) is 0.904. The molecule has 4 nitrogen and oxygen atoms in total. The zero-order valence-corrected chi connectivity index (χ0v) is 11.6. The van der Waals surface area contributed by atoms with E-state index in [1.807, 2.05) is 11.7 Å². The largest absolute Gasteiger partial charge is 0.323 e. The standard InChI is InChI=1S/C13H18N4S/c1-3-10-8(7-17(2)16-10)13-15-11-6-4-5-9(14)12(11)18-13/h7,9H,3-6,14H2,1-2H3. The fourth-order valence-electron chi connectivity index (χ4n) is 2.54. The number of rotatable bonds is 2. The average molecular weight is 262 g/mol. The maximum absolute atomic E-state index is 6.16. The molecule has 2 N–H and O–H groups in total. The topological polar surface area (TPSA) is 56.7 Å². The molecule has 3 rings (SSSR count). The number of aromatic nitrogens is 3. The second kappa shape index (κ2) is 4.48. The molecule has 2 aromatic rings. The summed E-state index contributed by atoms with van der Waals surface area (Å²) in [6.45, 7) is 2.13. The summed E-state index contributed by atoms with van der Waals surface area (Å²) in [6, 6.07) is 0.182. The van der Waals surface area contributed by atoms with E-state index in [0.29, 0.717) is 0 Å². The first-order chi connectivity index (χ1) is 8.69. The van der Waals surface area contributed by atoms with E-state index in [0.717, 1.165) is 36.4 Å². The Kier molecular flexibility index (Phi) is 2.95. The number of fused-ring (bicyclic) bond motifs is 1. The zero-order chi connectivity index (χ0) is 12.7. The van der Waals surface area contributed by atoms with Gasteiger partial charge in [-0.05, 0) is 25.7 Å². The number of hydrogen-bond donors (Lipinski definition) is 1. The van der Waals surface area contributed by atoms with E-state index in [4.69, 9.17) is 10.7 Å². The first-order valence-electron chi connectivity index (χ1n) is 6.47. The van der Waals surface area contributed by atoms with Crippen LogP contribution in [0.15, 0.2) is 6.20 Å². The van der Waals surface area contributed by atoms with Gasteiger partial charge in [-0.3, -0.25) is 4.68 Å². The van der Waals surface area contributed by atoms with Gasteiger partial charge in [0.15, 0.2) is 0 Å². The Hall–Kier alpha value is -1.20. The van der Waals surface area contributed by atoms with Crippen LogP contribution in [-0.2, 0) is 19.9 Å². The summed E-state index contributed by atoms with van der Waals surface area (Å²) in [6.07, 6.45) is 6.32. The Labute approximate surface area is 111 Å². The molecule has 1 aliphatic rings. The molecule has 0 radical (unpaired) electrons. The third-order valence-corrected chi connectivity index (χ3v) is 4.73.